The van der Waals surface area contributed by atoms with Crippen molar-refractivity contribution in [1.29, 1.82) is 0 Å². The smallest absolute Gasteiger partial charge is 0.313 e. The molecule has 4 aliphatic carbocycles. The average molecular weight is 733 g/mol. The van der Waals surface area contributed by atoms with Crippen molar-refractivity contribution in [2.45, 2.75) is 160 Å². The molecule has 0 aromatic carbocycles. The lowest BCUT2D eigenvalue weighted by Gasteiger charge is -2.64. The van der Waals surface area contributed by atoms with E-state index in [1.54, 1.807) is 6.08 Å². The van der Waals surface area contributed by atoms with Crippen LogP contribution in [0.1, 0.15) is 98.8 Å². The maximum absolute atomic E-state index is 13.7. The number of rotatable bonds is 12. The van der Waals surface area contributed by atoms with Crippen LogP contribution in [0.3, 0.4) is 0 Å². The summed E-state index contributed by atoms with van der Waals surface area (Å²) in [5.41, 5.74) is 1.29. The van der Waals surface area contributed by atoms with Gasteiger partial charge in [-0.15, -0.1) is 0 Å². The Bertz CT molecular complexity index is 1340. The largest absolute Gasteiger partial charge is 0.461 e. The quantitative estimate of drug-likeness (QED) is 0.128. The number of esters is 1. The van der Waals surface area contributed by atoms with Gasteiger partial charge < -0.3 is 48.8 Å². The number of aliphatic hydroxyl groups excluding tert-OH is 4. The molecule has 3 saturated carbocycles. The molecule has 0 radical (unpaired) electrons. The topological polar surface area (TPSA) is 157 Å². The van der Waals surface area contributed by atoms with Crippen molar-refractivity contribution in [2.75, 3.05) is 19.8 Å². The Balaban J connectivity index is 1.02. The summed E-state index contributed by atoms with van der Waals surface area (Å²) >= 11 is 0. The Hall–Kier alpha value is -1.41. The molecule has 7 rings (SSSR count). The van der Waals surface area contributed by atoms with Gasteiger partial charge in [-0.3, -0.25) is 4.79 Å². The van der Waals surface area contributed by atoms with Gasteiger partial charge in [0, 0.05) is 0 Å². The summed E-state index contributed by atoms with van der Waals surface area (Å²) in [5.74, 6) is 2.12. The summed E-state index contributed by atoms with van der Waals surface area (Å²) in [4.78, 5) is 13.7. The van der Waals surface area contributed by atoms with Crippen LogP contribution in [0.4, 0.5) is 0 Å². The molecule has 3 saturated heterocycles. The van der Waals surface area contributed by atoms with Gasteiger partial charge in [0.25, 0.3) is 0 Å². The van der Waals surface area contributed by atoms with Crippen molar-refractivity contribution in [3.63, 3.8) is 0 Å². The number of allylic oxidation sites excluding steroid dienone is 2. The SMILES string of the molecule is C=CCOC(=O)C12CCCC(C)C1C1=CCC3C(C)(CCC(C)OC4OC(CO)C(OC5OC(CO)C6OC56)C(O)C4O)C(C)CCC3(C)C1CC2. The van der Waals surface area contributed by atoms with Crippen molar-refractivity contribution >= 4 is 5.97 Å². The Morgan fingerprint density at radius 1 is 1.00 bits per heavy atom. The highest BCUT2D eigenvalue weighted by Gasteiger charge is 2.63. The first-order chi connectivity index (χ1) is 24.8. The van der Waals surface area contributed by atoms with Gasteiger partial charge in [0.15, 0.2) is 12.6 Å². The molecule has 52 heavy (non-hydrogen) atoms. The Morgan fingerprint density at radius 2 is 1.75 bits per heavy atom. The second-order valence-electron chi connectivity index (χ2n) is 18.0. The van der Waals surface area contributed by atoms with Gasteiger partial charge in [-0.2, -0.15) is 0 Å². The monoisotopic (exact) mass is 732 g/mol. The van der Waals surface area contributed by atoms with E-state index in [1.807, 2.05) is 6.92 Å². The van der Waals surface area contributed by atoms with E-state index in [-0.39, 0.29) is 54.2 Å². The van der Waals surface area contributed by atoms with Crippen molar-refractivity contribution in [3.8, 4) is 0 Å². The highest BCUT2D eigenvalue weighted by Crippen LogP contribution is 2.69. The molecule has 0 aromatic rings. The Labute approximate surface area is 309 Å². The number of fused-ring (bicyclic) bond motifs is 6. The first kappa shape index (κ1) is 38.8. The maximum Gasteiger partial charge on any atom is 0.313 e. The molecular weight excluding hydrogens is 668 g/mol. The van der Waals surface area contributed by atoms with Crippen molar-refractivity contribution in [2.24, 2.45) is 45.8 Å². The van der Waals surface area contributed by atoms with Crippen molar-refractivity contribution < 1.29 is 53.6 Å². The molecule has 11 nitrogen and oxygen atoms in total. The van der Waals surface area contributed by atoms with E-state index in [1.165, 1.54) is 12.0 Å². The van der Waals surface area contributed by atoms with Gasteiger partial charge in [0.2, 0.25) is 0 Å². The van der Waals surface area contributed by atoms with Crippen LogP contribution in [0, 0.1) is 45.8 Å². The van der Waals surface area contributed by atoms with E-state index in [2.05, 4.69) is 40.3 Å². The number of hydrogen-bond acceptors (Lipinski definition) is 11. The molecule has 7 aliphatic rings. The summed E-state index contributed by atoms with van der Waals surface area (Å²) in [6.07, 6.45) is 6.12. The van der Waals surface area contributed by atoms with Crippen LogP contribution in [0.2, 0.25) is 0 Å². The first-order valence-corrected chi connectivity index (χ1v) is 20.2. The lowest BCUT2D eigenvalue weighted by atomic mass is 9.40. The molecular formula is C41H64O11. The van der Waals surface area contributed by atoms with Crippen LogP contribution in [-0.2, 0) is 33.2 Å². The molecule has 6 fully saturated rings. The third-order valence-corrected chi connectivity index (χ3v) is 15.3. The van der Waals surface area contributed by atoms with E-state index < -0.39 is 55.1 Å². The number of hydrogen-bond donors (Lipinski definition) is 4. The standard InChI is InChI=1S/C41H64O11/c1-7-19-47-38(46)41-15-8-9-22(2)30(41)25-10-11-29-39(5,23(3)12-16-40(29,6)26(25)14-18-41)17-13-24(4)48-36-32(45)31(44)33(27(20-42)49-36)52-37-35-34(51-35)28(21-43)50-37/h7,10,22-24,26-37,42-45H,1,8-9,11-21H2,2-6H3. The fourth-order valence-corrected chi connectivity index (χ4v) is 12.2. The molecule has 0 amide bonds. The molecule has 4 N–H and O–H groups in total. The summed E-state index contributed by atoms with van der Waals surface area (Å²) in [7, 11) is 0. The number of aliphatic hydroxyl groups is 4. The number of carbonyl (C=O) groups is 1. The Kier molecular flexibility index (Phi) is 11.1. The van der Waals surface area contributed by atoms with Gasteiger partial charge in [-0.05, 0) is 98.7 Å². The fraction of sp³-hybridized carbons (Fsp3) is 0.878. The molecule has 0 aromatic heterocycles. The minimum Gasteiger partial charge on any atom is -0.461 e. The van der Waals surface area contributed by atoms with Crippen molar-refractivity contribution in [1.82, 2.24) is 0 Å². The molecule has 18 atom stereocenters. The second-order valence-corrected chi connectivity index (χ2v) is 18.0. The molecule has 3 heterocycles. The summed E-state index contributed by atoms with van der Waals surface area (Å²) in [6, 6.07) is 0. The van der Waals surface area contributed by atoms with E-state index in [0.717, 1.165) is 57.8 Å². The third-order valence-electron chi connectivity index (χ3n) is 15.3. The number of carbonyl (C=O) groups excluding carboxylic acids is 1. The minimum absolute atomic E-state index is 0.0235. The van der Waals surface area contributed by atoms with Gasteiger partial charge in [-0.1, -0.05) is 64.8 Å². The number of ether oxygens (including phenoxy) is 6. The zero-order chi connectivity index (χ0) is 37.2. The molecule has 0 bridgehead atoms. The lowest BCUT2D eigenvalue weighted by molar-refractivity contribution is -0.336. The van der Waals surface area contributed by atoms with Crippen LogP contribution in [0.15, 0.2) is 24.3 Å². The van der Waals surface area contributed by atoms with E-state index in [4.69, 9.17) is 28.4 Å². The zero-order valence-electron chi connectivity index (χ0n) is 31.9. The predicted octanol–water partition coefficient (Wildman–Crippen LogP) is 4.43. The van der Waals surface area contributed by atoms with Crippen molar-refractivity contribution in [3.05, 3.63) is 24.3 Å². The number of epoxide rings is 1. The van der Waals surface area contributed by atoms with Crippen LogP contribution >= 0.6 is 0 Å². The van der Waals surface area contributed by atoms with Crippen LogP contribution in [0.5, 0.6) is 0 Å². The molecule has 11 heteroatoms. The minimum atomic E-state index is -1.40. The van der Waals surface area contributed by atoms with Gasteiger partial charge in [-0.25, -0.2) is 0 Å². The molecule has 294 valence electrons. The summed E-state index contributed by atoms with van der Waals surface area (Å²) in [6.45, 7) is 15.1. The zero-order valence-corrected chi connectivity index (χ0v) is 31.9. The highest BCUT2D eigenvalue weighted by atomic mass is 16.8. The van der Waals surface area contributed by atoms with Crippen LogP contribution in [-0.4, -0.2) is 108 Å². The second kappa shape index (κ2) is 14.9. The summed E-state index contributed by atoms with van der Waals surface area (Å²) < 4.78 is 35.3. The third kappa shape index (κ3) is 6.45. The van der Waals surface area contributed by atoms with Crippen LogP contribution < -0.4 is 0 Å². The normalized spacial score (nSPS) is 50.1. The van der Waals surface area contributed by atoms with E-state index >= 15 is 0 Å². The van der Waals surface area contributed by atoms with Gasteiger partial charge in [0.1, 0.15) is 49.3 Å². The molecule has 18 unspecified atom stereocenters. The average Bonchev–Trinajstić information content (AvgIpc) is 3.86. The molecule has 3 aliphatic heterocycles. The first-order valence-electron chi connectivity index (χ1n) is 20.2. The van der Waals surface area contributed by atoms with Gasteiger partial charge in [0.05, 0.1) is 24.7 Å². The van der Waals surface area contributed by atoms with Gasteiger partial charge >= 0.3 is 5.97 Å². The maximum atomic E-state index is 13.7. The highest BCUT2D eigenvalue weighted by molar-refractivity contribution is 5.78. The van der Waals surface area contributed by atoms with E-state index in [9.17, 15) is 25.2 Å². The Morgan fingerprint density at radius 3 is 2.46 bits per heavy atom. The van der Waals surface area contributed by atoms with E-state index in [0.29, 0.717) is 23.7 Å². The lowest BCUT2D eigenvalue weighted by Crippen LogP contribution is -2.61. The van der Waals surface area contributed by atoms with Crippen LogP contribution in [0.25, 0.3) is 0 Å². The predicted molar refractivity (Wildman–Crippen MR) is 190 cm³/mol. The molecule has 0 spiro atoms. The summed E-state index contributed by atoms with van der Waals surface area (Å²) in [5, 5.41) is 41.9. The fourth-order valence-electron chi connectivity index (χ4n) is 12.2.